The molecule has 0 aromatic carbocycles. The molecule has 1 aliphatic rings. The molecule has 0 saturated heterocycles. The Morgan fingerprint density at radius 1 is 1.70 bits per heavy atom. The van der Waals surface area contributed by atoms with Crippen LogP contribution in [0, 0.1) is 0 Å². The van der Waals surface area contributed by atoms with Gasteiger partial charge < -0.3 is 10.2 Å². The Balaban J connectivity index is 2.63. The van der Waals surface area contributed by atoms with Crippen LogP contribution in [-0.4, -0.2) is 27.7 Å². The summed E-state index contributed by atoms with van der Waals surface area (Å²) in [5.74, 6) is 0.0373. The van der Waals surface area contributed by atoms with E-state index in [0.717, 1.165) is 0 Å². The molecule has 0 amide bonds. The zero-order chi connectivity index (χ0) is 7.78. The molecule has 2 N–H and O–H groups in total. The van der Waals surface area contributed by atoms with Crippen LogP contribution in [0.25, 0.3) is 0 Å². The summed E-state index contributed by atoms with van der Waals surface area (Å²) in [7, 11) is 0. The molecule has 58 valence electrons. The van der Waals surface area contributed by atoms with Gasteiger partial charge in [-0.3, -0.25) is 4.79 Å². The van der Waals surface area contributed by atoms with E-state index in [2.05, 4.69) is 0 Å². The quantitative estimate of drug-likeness (QED) is 0.497. The molecule has 3 heteroatoms. The molecule has 2 unspecified atom stereocenters. The van der Waals surface area contributed by atoms with E-state index in [1.165, 1.54) is 6.92 Å². The van der Waals surface area contributed by atoms with Crippen LogP contribution in [-0.2, 0) is 4.79 Å². The number of ketones is 1. The molecule has 1 fully saturated rings. The van der Waals surface area contributed by atoms with Crippen molar-refractivity contribution in [2.24, 2.45) is 0 Å². The highest BCUT2D eigenvalue weighted by molar-refractivity contribution is 5.80. The average molecular weight is 144 g/mol. The molecule has 1 saturated carbocycles. The van der Waals surface area contributed by atoms with Gasteiger partial charge in [-0.15, -0.1) is 0 Å². The third-order valence-corrected chi connectivity index (χ3v) is 1.97. The summed E-state index contributed by atoms with van der Waals surface area (Å²) in [5.41, 5.74) is -1.19. The molecule has 0 radical (unpaired) electrons. The second kappa shape index (κ2) is 2.32. The Labute approximate surface area is 59.7 Å². The smallest absolute Gasteiger partial charge is 0.135 e. The van der Waals surface area contributed by atoms with E-state index >= 15 is 0 Å². The molecule has 10 heavy (non-hydrogen) atoms. The number of rotatable bonds is 0. The van der Waals surface area contributed by atoms with E-state index in [9.17, 15) is 9.90 Å². The Kier molecular flexibility index (Phi) is 1.79. The van der Waals surface area contributed by atoms with Gasteiger partial charge >= 0.3 is 0 Å². The van der Waals surface area contributed by atoms with Crippen LogP contribution in [0.5, 0.6) is 0 Å². The summed E-state index contributed by atoms with van der Waals surface area (Å²) in [6.07, 6.45) is 0.155. The van der Waals surface area contributed by atoms with Crippen molar-refractivity contribution in [1.29, 1.82) is 0 Å². The molecule has 0 heterocycles. The molecular formula is C7H12O3. The standard InChI is InChI=1S/C7H12O3/c1-7(10)4-5(8)2-3-6(7)9/h6,9-10H,2-4H2,1H3. The van der Waals surface area contributed by atoms with E-state index in [4.69, 9.17) is 5.11 Å². The lowest BCUT2D eigenvalue weighted by Crippen LogP contribution is -2.44. The Morgan fingerprint density at radius 3 is 2.70 bits per heavy atom. The number of Topliss-reactive ketones (excluding diaryl/α,β-unsaturated/α-hetero) is 1. The normalized spacial score (nSPS) is 41.9. The zero-order valence-corrected chi connectivity index (χ0v) is 6.00. The first-order valence-corrected chi connectivity index (χ1v) is 3.44. The molecule has 0 spiro atoms. The van der Waals surface area contributed by atoms with Gasteiger partial charge in [0.2, 0.25) is 0 Å². The number of hydrogen-bond donors (Lipinski definition) is 2. The summed E-state index contributed by atoms with van der Waals surface area (Å²) in [6, 6.07) is 0. The zero-order valence-electron chi connectivity index (χ0n) is 6.00. The van der Waals surface area contributed by atoms with Crippen molar-refractivity contribution in [3.05, 3.63) is 0 Å². The van der Waals surface area contributed by atoms with Crippen LogP contribution in [0.2, 0.25) is 0 Å². The topological polar surface area (TPSA) is 57.5 Å². The predicted molar refractivity (Wildman–Crippen MR) is 35.5 cm³/mol. The molecule has 0 aromatic rings. The average Bonchev–Trinajstić information content (AvgIpc) is 1.78. The third-order valence-electron chi connectivity index (χ3n) is 1.97. The van der Waals surface area contributed by atoms with Gasteiger partial charge in [0.25, 0.3) is 0 Å². The van der Waals surface area contributed by atoms with Crippen LogP contribution in [0.4, 0.5) is 0 Å². The van der Waals surface area contributed by atoms with E-state index < -0.39 is 11.7 Å². The van der Waals surface area contributed by atoms with Crippen LogP contribution < -0.4 is 0 Å². The maximum Gasteiger partial charge on any atom is 0.135 e. The molecule has 1 rings (SSSR count). The maximum absolute atomic E-state index is 10.8. The monoisotopic (exact) mass is 144 g/mol. The maximum atomic E-state index is 10.8. The first-order chi connectivity index (χ1) is 4.52. The molecule has 0 bridgehead atoms. The predicted octanol–water partition coefficient (Wildman–Crippen LogP) is -0.149. The van der Waals surface area contributed by atoms with Gasteiger partial charge in [0.1, 0.15) is 5.78 Å². The lowest BCUT2D eigenvalue weighted by molar-refractivity contribution is -0.138. The van der Waals surface area contributed by atoms with Crippen molar-refractivity contribution >= 4 is 5.78 Å². The first kappa shape index (κ1) is 7.69. The van der Waals surface area contributed by atoms with Crippen molar-refractivity contribution in [3.8, 4) is 0 Å². The van der Waals surface area contributed by atoms with E-state index in [-0.39, 0.29) is 12.2 Å². The summed E-state index contributed by atoms with van der Waals surface area (Å²) >= 11 is 0. The molecule has 1 aliphatic carbocycles. The fraction of sp³-hybridized carbons (Fsp3) is 0.857. The Bertz CT molecular complexity index is 151. The van der Waals surface area contributed by atoms with Gasteiger partial charge in [0, 0.05) is 12.8 Å². The number of aliphatic hydroxyl groups is 2. The van der Waals surface area contributed by atoms with Crippen LogP contribution in [0.15, 0.2) is 0 Å². The lowest BCUT2D eigenvalue weighted by atomic mass is 9.83. The van der Waals surface area contributed by atoms with E-state index in [1.807, 2.05) is 0 Å². The first-order valence-electron chi connectivity index (χ1n) is 3.44. The van der Waals surface area contributed by atoms with Gasteiger partial charge in [0.05, 0.1) is 11.7 Å². The molecule has 0 aliphatic heterocycles. The minimum atomic E-state index is -1.19. The molecule has 2 atom stereocenters. The van der Waals surface area contributed by atoms with Crippen molar-refractivity contribution in [1.82, 2.24) is 0 Å². The van der Waals surface area contributed by atoms with Crippen molar-refractivity contribution in [3.63, 3.8) is 0 Å². The Hall–Kier alpha value is -0.410. The Morgan fingerprint density at radius 2 is 2.30 bits per heavy atom. The number of aliphatic hydroxyl groups excluding tert-OH is 1. The fourth-order valence-electron chi connectivity index (χ4n) is 1.21. The third kappa shape index (κ3) is 1.36. The molecular weight excluding hydrogens is 132 g/mol. The lowest BCUT2D eigenvalue weighted by Gasteiger charge is -2.32. The second-order valence-electron chi connectivity index (χ2n) is 3.13. The van der Waals surface area contributed by atoms with E-state index in [0.29, 0.717) is 12.8 Å². The van der Waals surface area contributed by atoms with Crippen molar-refractivity contribution in [2.75, 3.05) is 0 Å². The number of carbonyl (C=O) groups excluding carboxylic acids is 1. The summed E-state index contributed by atoms with van der Waals surface area (Å²) < 4.78 is 0. The van der Waals surface area contributed by atoms with Gasteiger partial charge in [0.15, 0.2) is 0 Å². The highest BCUT2D eigenvalue weighted by Gasteiger charge is 2.36. The summed E-state index contributed by atoms with van der Waals surface area (Å²) in [5, 5.41) is 18.5. The minimum Gasteiger partial charge on any atom is -0.390 e. The number of hydrogen-bond acceptors (Lipinski definition) is 3. The molecule has 0 aromatic heterocycles. The SMILES string of the molecule is CC1(O)CC(=O)CCC1O. The van der Waals surface area contributed by atoms with Crippen LogP contribution in [0.3, 0.4) is 0 Å². The summed E-state index contributed by atoms with van der Waals surface area (Å²) in [4.78, 5) is 10.8. The van der Waals surface area contributed by atoms with Gasteiger partial charge in [-0.1, -0.05) is 0 Å². The molecule has 3 nitrogen and oxygen atoms in total. The van der Waals surface area contributed by atoms with Crippen molar-refractivity contribution in [2.45, 2.75) is 37.9 Å². The van der Waals surface area contributed by atoms with Crippen LogP contribution in [0.1, 0.15) is 26.2 Å². The van der Waals surface area contributed by atoms with Crippen LogP contribution >= 0.6 is 0 Å². The van der Waals surface area contributed by atoms with Gasteiger partial charge in [-0.2, -0.15) is 0 Å². The summed E-state index contributed by atoms with van der Waals surface area (Å²) in [6.45, 7) is 1.49. The minimum absolute atomic E-state index is 0.0373. The highest BCUT2D eigenvalue weighted by Crippen LogP contribution is 2.25. The van der Waals surface area contributed by atoms with Crippen molar-refractivity contribution < 1.29 is 15.0 Å². The second-order valence-corrected chi connectivity index (χ2v) is 3.13. The number of carbonyl (C=O) groups is 1. The van der Waals surface area contributed by atoms with E-state index in [1.54, 1.807) is 0 Å². The highest BCUT2D eigenvalue weighted by atomic mass is 16.3. The van der Waals surface area contributed by atoms with Gasteiger partial charge in [-0.05, 0) is 13.3 Å². The van der Waals surface area contributed by atoms with Gasteiger partial charge in [-0.25, -0.2) is 0 Å². The largest absolute Gasteiger partial charge is 0.390 e. The fourth-order valence-corrected chi connectivity index (χ4v) is 1.21.